The maximum atomic E-state index is 13.3. The minimum Gasteiger partial charge on any atom is -0.495 e. The number of nitrogens with zero attached hydrogens (tertiary/aromatic N) is 2. The van der Waals surface area contributed by atoms with Crippen molar-refractivity contribution in [2.45, 2.75) is 13.8 Å². The summed E-state index contributed by atoms with van der Waals surface area (Å²) in [6, 6.07) is 39.4. The Morgan fingerprint density at radius 3 is 1.56 bits per heavy atom. The number of nitrogens with two attached hydrogens (primary N) is 1. The Morgan fingerprint density at radius 1 is 0.544 bits per heavy atom. The summed E-state index contributed by atoms with van der Waals surface area (Å²) in [7, 11) is 3.15. The third-order valence-corrected chi connectivity index (χ3v) is 9.68. The number of hydrogen-bond donors (Lipinski definition) is 2. The predicted molar refractivity (Wildman–Crippen MR) is 232 cm³/mol. The third-order valence-electron chi connectivity index (χ3n) is 8.80. The van der Waals surface area contributed by atoms with Crippen LogP contribution in [-0.2, 0) is 0 Å². The average molecular weight is 822 g/mol. The summed E-state index contributed by atoms with van der Waals surface area (Å²) in [6.45, 7) is 4.06. The van der Waals surface area contributed by atoms with Gasteiger partial charge in [-0.15, -0.1) is 0 Å². The lowest BCUT2D eigenvalue weighted by Gasteiger charge is -2.13. The Bertz CT molecular complexity index is 2680. The average Bonchev–Trinajstić information content (AvgIpc) is 3.19. The molecular formula is C46H37Cl3F2N4O2. The van der Waals surface area contributed by atoms with Gasteiger partial charge in [0.05, 0.1) is 35.7 Å². The van der Waals surface area contributed by atoms with Crippen molar-refractivity contribution in [3.63, 3.8) is 0 Å². The van der Waals surface area contributed by atoms with Crippen LogP contribution in [0.4, 0.5) is 26.0 Å². The molecule has 0 aliphatic rings. The Morgan fingerprint density at radius 2 is 1.04 bits per heavy atom. The minimum atomic E-state index is -0.272. The second kappa shape index (κ2) is 18.3. The molecule has 0 atom stereocenters. The number of aromatic nitrogens is 2. The number of anilines is 3. The summed E-state index contributed by atoms with van der Waals surface area (Å²) in [5.74, 6) is 1.44. The zero-order valence-corrected chi connectivity index (χ0v) is 33.6. The predicted octanol–water partition coefficient (Wildman–Crippen LogP) is 13.7. The molecule has 0 aliphatic carbocycles. The molecule has 0 bridgehead atoms. The topological polar surface area (TPSA) is 82.3 Å². The fourth-order valence-electron chi connectivity index (χ4n) is 5.88. The number of aryl methyl sites for hydroxylation is 2. The highest BCUT2D eigenvalue weighted by atomic mass is 35.5. The van der Waals surface area contributed by atoms with Crippen LogP contribution in [-0.4, -0.2) is 24.2 Å². The van der Waals surface area contributed by atoms with E-state index in [2.05, 4.69) is 28.5 Å². The number of pyridine rings is 2. The quantitative estimate of drug-likeness (QED) is 0.128. The maximum absolute atomic E-state index is 13.3. The molecule has 6 nitrogen and oxygen atoms in total. The van der Waals surface area contributed by atoms with E-state index in [4.69, 9.17) is 55.0 Å². The summed E-state index contributed by atoms with van der Waals surface area (Å²) < 4.78 is 36.4. The van der Waals surface area contributed by atoms with Crippen LogP contribution in [0.2, 0.25) is 15.2 Å². The van der Waals surface area contributed by atoms with E-state index in [1.165, 1.54) is 24.3 Å². The van der Waals surface area contributed by atoms with Crippen molar-refractivity contribution in [2.75, 3.05) is 25.3 Å². The molecule has 57 heavy (non-hydrogen) atoms. The number of fused-ring (bicyclic) bond motifs is 2. The van der Waals surface area contributed by atoms with Gasteiger partial charge >= 0.3 is 0 Å². The summed E-state index contributed by atoms with van der Waals surface area (Å²) >= 11 is 18.2. The normalized spacial score (nSPS) is 10.6. The summed E-state index contributed by atoms with van der Waals surface area (Å²) in [5, 5.41) is 8.91. The van der Waals surface area contributed by atoms with E-state index in [-0.39, 0.29) is 11.6 Å². The molecule has 0 unspecified atom stereocenters. The van der Waals surface area contributed by atoms with Gasteiger partial charge in [-0.1, -0.05) is 70.2 Å². The number of benzene rings is 6. The van der Waals surface area contributed by atoms with E-state index in [9.17, 15) is 8.78 Å². The Balaban J connectivity index is 0.000000162. The molecule has 288 valence electrons. The van der Waals surface area contributed by atoms with E-state index in [0.717, 1.165) is 60.9 Å². The van der Waals surface area contributed by atoms with Crippen LogP contribution in [0.1, 0.15) is 11.1 Å². The number of methoxy groups -OCH3 is 2. The van der Waals surface area contributed by atoms with Gasteiger partial charge in [0.15, 0.2) is 0 Å². The largest absolute Gasteiger partial charge is 0.495 e. The van der Waals surface area contributed by atoms with Crippen LogP contribution in [0.3, 0.4) is 0 Å². The van der Waals surface area contributed by atoms with Crippen molar-refractivity contribution in [1.82, 2.24) is 9.97 Å². The van der Waals surface area contributed by atoms with E-state index >= 15 is 0 Å². The van der Waals surface area contributed by atoms with E-state index in [1.807, 2.05) is 56.3 Å². The number of ether oxygens (including phenoxy) is 2. The van der Waals surface area contributed by atoms with Crippen molar-refractivity contribution in [3.8, 4) is 34.0 Å². The fraction of sp³-hybridized carbons (Fsp3) is 0.0870. The zero-order chi connectivity index (χ0) is 40.6. The molecule has 11 heteroatoms. The van der Waals surface area contributed by atoms with Gasteiger partial charge in [0.2, 0.25) is 0 Å². The van der Waals surface area contributed by atoms with Crippen molar-refractivity contribution < 1.29 is 18.3 Å². The molecule has 0 radical (unpaired) electrons. The second-order valence-electron chi connectivity index (χ2n) is 13.0. The molecule has 2 aromatic heterocycles. The van der Waals surface area contributed by atoms with Gasteiger partial charge in [-0.2, -0.15) is 0 Å². The van der Waals surface area contributed by atoms with Gasteiger partial charge in [-0.25, -0.2) is 18.7 Å². The van der Waals surface area contributed by atoms with Crippen molar-refractivity contribution >= 4 is 73.5 Å². The molecule has 0 fully saturated rings. The monoisotopic (exact) mass is 820 g/mol. The van der Waals surface area contributed by atoms with Crippen LogP contribution in [0.5, 0.6) is 11.5 Å². The third kappa shape index (κ3) is 10.3. The van der Waals surface area contributed by atoms with E-state index in [0.29, 0.717) is 38.2 Å². The van der Waals surface area contributed by atoms with Crippen LogP contribution in [0.15, 0.2) is 133 Å². The standard InChI is InChI=1S/C23H18ClFN2O.C16H11ClFN.C7H8ClNO/c1-14-3-4-16-12-21(15-5-7-17(25)8-6-15)27-23(19(16)11-14)26-18-9-10-22(28-2)20(24)13-18;1-10-2-3-12-9-15(19-16(17)14(12)8-10)11-4-6-13(18)7-5-11;1-10-7-3-2-5(9)4-6(7)8/h3-13H,1-2H3,(H,26,27);2-9H,1H3;2-4H,9H2,1H3. The summed E-state index contributed by atoms with van der Waals surface area (Å²) in [6.07, 6.45) is 0. The number of hydrogen-bond acceptors (Lipinski definition) is 6. The molecule has 0 amide bonds. The van der Waals surface area contributed by atoms with Gasteiger partial charge in [-0.05, 0) is 134 Å². The molecule has 0 spiro atoms. The molecule has 3 N–H and O–H groups in total. The van der Waals surface area contributed by atoms with Gasteiger partial charge < -0.3 is 20.5 Å². The number of nitrogen functional groups attached to an aromatic ring is 1. The first-order valence-corrected chi connectivity index (χ1v) is 18.7. The van der Waals surface area contributed by atoms with E-state index in [1.54, 1.807) is 62.8 Å². The highest BCUT2D eigenvalue weighted by Gasteiger charge is 2.11. The first kappa shape index (κ1) is 40.7. The lowest BCUT2D eigenvalue weighted by Crippen LogP contribution is -1.98. The highest BCUT2D eigenvalue weighted by molar-refractivity contribution is 6.34. The number of halogens is 5. The molecule has 6 aromatic carbocycles. The van der Waals surface area contributed by atoms with Gasteiger partial charge in [-0.3, -0.25) is 0 Å². The molecule has 8 rings (SSSR count). The van der Waals surface area contributed by atoms with Crippen LogP contribution in [0, 0.1) is 25.5 Å². The SMILES string of the molecule is COc1ccc(N)cc1Cl.COc1ccc(Nc2nc(-c3ccc(F)cc3)cc3ccc(C)cc23)cc1Cl.Cc1ccc2cc(-c3ccc(F)cc3)nc(Cl)c2c1. The van der Waals surface area contributed by atoms with Crippen molar-refractivity contribution in [1.29, 1.82) is 0 Å². The van der Waals surface area contributed by atoms with Crippen LogP contribution >= 0.6 is 34.8 Å². The minimum absolute atomic E-state index is 0.258. The fourth-order valence-corrected chi connectivity index (χ4v) is 6.66. The number of nitrogens with one attached hydrogen (secondary N) is 1. The first-order valence-electron chi connectivity index (χ1n) is 17.6. The van der Waals surface area contributed by atoms with Crippen LogP contribution < -0.4 is 20.5 Å². The molecule has 0 saturated carbocycles. The van der Waals surface area contributed by atoms with E-state index < -0.39 is 0 Å². The summed E-state index contributed by atoms with van der Waals surface area (Å²) in [4.78, 5) is 9.19. The lowest BCUT2D eigenvalue weighted by molar-refractivity contribution is 0.415. The van der Waals surface area contributed by atoms with Crippen molar-refractivity contribution in [2.24, 2.45) is 0 Å². The lowest BCUT2D eigenvalue weighted by atomic mass is 10.0. The van der Waals surface area contributed by atoms with Crippen LogP contribution in [0.25, 0.3) is 44.1 Å². The van der Waals surface area contributed by atoms with Crippen molar-refractivity contribution in [3.05, 3.63) is 171 Å². The van der Waals surface area contributed by atoms with Gasteiger partial charge in [0, 0.05) is 33.3 Å². The second-order valence-corrected chi connectivity index (χ2v) is 14.2. The maximum Gasteiger partial charge on any atom is 0.138 e. The number of rotatable bonds is 6. The zero-order valence-electron chi connectivity index (χ0n) is 31.4. The highest BCUT2D eigenvalue weighted by Crippen LogP contribution is 2.34. The van der Waals surface area contributed by atoms with Gasteiger partial charge in [0.25, 0.3) is 0 Å². The smallest absolute Gasteiger partial charge is 0.138 e. The summed E-state index contributed by atoms with van der Waals surface area (Å²) in [5.41, 5.74) is 12.4. The Hall–Kier alpha value is -5.93. The molecule has 2 heterocycles. The molecule has 0 aliphatic heterocycles. The Labute approximate surface area is 344 Å². The van der Waals surface area contributed by atoms with Gasteiger partial charge in [0.1, 0.15) is 34.1 Å². The first-order chi connectivity index (χ1) is 27.4. The Kier molecular flexibility index (Phi) is 13.1. The molecule has 8 aromatic rings. The molecular weight excluding hydrogens is 785 g/mol. The molecule has 0 saturated heterocycles.